The molecule has 0 N–H and O–H groups in total. The summed E-state index contributed by atoms with van der Waals surface area (Å²) in [4.78, 5) is 25.5. The van der Waals surface area contributed by atoms with Gasteiger partial charge in [-0.25, -0.2) is 0 Å². The molecule has 6 unspecified atom stereocenters. The molecule has 0 aromatic heterocycles. The van der Waals surface area contributed by atoms with Crippen LogP contribution in [0.4, 0.5) is 0 Å². The third-order valence-corrected chi connectivity index (χ3v) is 7.34. The van der Waals surface area contributed by atoms with E-state index in [4.69, 9.17) is 9.47 Å². The lowest BCUT2D eigenvalue weighted by atomic mass is 9.70. The summed E-state index contributed by atoms with van der Waals surface area (Å²) in [5.41, 5.74) is -0.296. The summed E-state index contributed by atoms with van der Waals surface area (Å²) in [5, 5.41) is 0. The fourth-order valence-electron chi connectivity index (χ4n) is 6.00. The molecule has 4 nitrogen and oxygen atoms in total. The van der Waals surface area contributed by atoms with Gasteiger partial charge in [-0.1, -0.05) is 20.8 Å². The number of hydrogen-bond donors (Lipinski definition) is 0. The molecule has 1 heterocycles. The molecule has 3 aliphatic carbocycles. The molecule has 0 radical (unpaired) electrons. The maximum Gasteiger partial charge on any atom is 0.310 e. The van der Waals surface area contributed by atoms with Gasteiger partial charge in [-0.3, -0.25) is 9.59 Å². The van der Waals surface area contributed by atoms with Crippen molar-refractivity contribution in [2.45, 2.75) is 64.6 Å². The molecule has 1 aliphatic heterocycles. The van der Waals surface area contributed by atoms with Crippen molar-refractivity contribution in [2.24, 2.45) is 35.5 Å². The van der Waals surface area contributed by atoms with E-state index >= 15 is 0 Å². The fourth-order valence-corrected chi connectivity index (χ4v) is 6.00. The molecule has 0 aromatic rings. The van der Waals surface area contributed by atoms with E-state index in [-0.39, 0.29) is 53.7 Å². The lowest BCUT2D eigenvalue weighted by Gasteiger charge is -2.43. The van der Waals surface area contributed by atoms with Gasteiger partial charge in [0.15, 0.2) is 5.78 Å². The Morgan fingerprint density at radius 3 is 2.61 bits per heavy atom. The second-order valence-electron chi connectivity index (χ2n) is 8.56. The monoisotopic (exact) mass is 320 g/mol. The number of carbonyl (C=O) groups is 2. The van der Waals surface area contributed by atoms with Gasteiger partial charge in [0, 0.05) is 5.92 Å². The van der Waals surface area contributed by atoms with Crippen LogP contribution in [-0.4, -0.2) is 30.1 Å². The largest absolute Gasteiger partial charge is 0.459 e. The number of Topliss-reactive ketones (excluding diaryl/α,β-unsaturated/α-hetero) is 1. The molecule has 0 amide bonds. The van der Waals surface area contributed by atoms with Crippen molar-refractivity contribution in [2.75, 3.05) is 6.61 Å². The molecule has 4 aliphatic rings. The van der Waals surface area contributed by atoms with Gasteiger partial charge in [0.2, 0.25) is 0 Å². The highest BCUT2D eigenvalue weighted by molar-refractivity contribution is 5.90. The highest BCUT2D eigenvalue weighted by atomic mass is 16.6. The summed E-state index contributed by atoms with van der Waals surface area (Å²) in [6.45, 7) is 6.66. The minimum atomic E-state index is -0.296. The second kappa shape index (κ2) is 5.30. The lowest BCUT2D eigenvalue weighted by molar-refractivity contribution is -0.183. The molecule has 4 heteroatoms. The van der Waals surface area contributed by atoms with E-state index in [9.17, 15) is 9.59 Å². The fraction of sp³-hybridized carbons (Fsp3) is 0.895. The van der Waals surface area contributed by atoms with Gasteiger partial charge < -0.3 is 9.47 Å². The Kier molecular flexibility index (Phi) is 3.60. The predicted octanol–water partition coefficient (Wildman–Crippen LogP) is 2.98. The van der Waals surface area contributed by atoms with Crippen molar-refractivity contribution < 1.29 is 19.1 Å². The summed E-state index contributed by atoms with van der Waals surface area (Å²) in [6.07, 6.45) is 5.34. The van der Waals surface area contributed by atoms with E-state index in [1.807, 2.05) is 0 Å². The number of esters is 1. The SMILES string of the molecule is CC1C2CC3C1OCC(=O)C3C2C(=O)OC1(C(C)C)CCCC1. The number of ether oxygens (including phenoxy) is 2. The van der Waals surface area contributed by atoms with Gasteiger partial charge in [-0.15, -0.1) is 0 Å². The molecule has 6 atom stereocenters. The van der Waals surface area contributed by atoms with Crippen molar-refractivity contribution in [3.63, 3.8) is 0 Å². The van der Waals surface area contributed by atoms with Crippen LogP contribution in [0.1, 0.15) is 52.9 Å². The minimum absolute atomic E-state index is 0.0985. The Balaban J connectivity index is 1.57. The van der Waals surface area contributed by atoms with E-state index in [1.54, 1.807) is 0 Å². The van der Waals surface area contributed by atoms with Crippen molar-refractivity contribution in [3.8, 4) is 0 Å². The first kappa shape index (κ1) is 15.6. The van der Waals surface area contributed by atoms with Crippen LogP contribution in [-0.2, 0) is 19.1 Å². The zero-order chi connectivity index (χ0) is 16.4. The number of hydrogen-bond acceptors (Lipinski definition) is 4. The highest BCUT2D eigenvalue weighted by Crippen LogP contribution is 2.59. The van der Waals surface area contributed by atoms with Crippen LogP contribution in [0.2, 0.25) is 0 Å². The molecule has 0 spiro atoms. The summed E-state index contributed by atoms with van der Waals surface area (Å²) >= 11 is 0. The predicted molar refractivity (Wildman–Crippen MR) is 84.6 cm³/mol. The summed E-state index contributed by atoms with van der Waals surface area (Å²) < 4.78 is 11.9. The van der Waals surface area contributed by atoms with Crippen molar-refractivity contribution in [3.05, 3.63) is 0 Å². The normalized spacial score (nSPS) is 44.1. The molecule has 3 saturated carbocycles. The quantitative estimate of drug-likeness (QED) is 0.750. The maximum absolute atomic E-state index is 13.1. The molecular weight excluding hydrogens is 292 g/mol. The number of ketones is 1. The molecular formula is C19H28O4. The summed E-state index contributed by atoms with van der Waals surface area (Å²) in [7, 11) is 0. The van der Waals surface area contributed by atoms with Crippen molar-refractivity contribution >= 4 is 11.8 Å². The Hall–Kier alpha value is -0.900. The Morgan fingerprint density at radius 1 is 1.26 bits per heavy atom. The average Bonchev–Trinajstić information content (AvgIpc) is 3.18. The third kappa shape index (κ3) is 2.13. The summed E-state index contributed by atoms with van der Waals surface area (Å²) in [5.74, 6) is 0.853. The number of carbonyl (C=O) groups excluding carboxylic acids is 2. The van der Waals surface area contributed by atoms with Gasteiger partial charge in [-0.05, 0) is 55.8 Å². The van der Waals surface area contributed by atoms with Gasteiger partial charge >= 0.3 is 5.97 Å². The first-order valence-corrected chi connectivity index (χ1v) is 9.32. The van der Waals surface area contributed by atoms with Crippen LogP contribution in [0, 0.1) is 35.5 Å². The van der Waals surface area contributed by atoms with Gasteiger partial charge in [-0.2, -0.15) is 0 Å². The molecule has 2 bridgehead atoms. The van der Waals surface area contributed by atoms with Gasteiger partial charge in [0.1, 0.15) is 12.2 Å². The standard InChI is InChI=1S/C19H28O4/c1-10(2)19(6-4-5-7-19)23-18(21)16-12-8-13-15(16)14(20)9-22-17(13)11(12)3/h10-13,15-17H,4-9H2,1-3H3. The van der Waals surface area contributed by atoms with Gasteiger partial charge in [0.25, 0.3) is 0 Å². The van der Waals surface area contributed by atoms with Crippen molar-refractivity contribution in [1.29, 1.82) is 0 Å². The van der Waals surface area contributed by atoms with Crippen LogP contribution in [0.25, 0.3) is 0 Å². The molecule has 23 heavy (non-hydrogen) atoms. The van der Waals surface area contributed by atoms with Crippen molar-refractivity contribution in [1.82, 2.24) is 0 Å². The Labute approximate surface area is 138 Å². The maximum atomic E-state index is 13.1. The topological polar surface area (TPSA) is 52.6 Å². The van der Waals surface area contributed by atoms with Crippen LogP contribution in [0.5, 0.6) is 0 Å². The first-order valence-electron chi connectivity index (χ1n) is 9.32. The molecule has 128 valence electrons. The lowest BCUT2D eigenvalue weighted by Crippen LogP contribution is -2.52. The number of fused-ring (bicyclic) bond motifs is 1. The second-order valence-corrected chi connectivity index (χ2v) is 8.56. The molecule has 0 aromatic carbocycles. The smallest absolute Gasteiger partial charge is 0.310 e. The van der Waals surface area contributed by atoms with E-state index in [0.29, 0.717) is 11.8 Å². The number of rotatable bonds is 3. The van der Waals surface area contributed by atoms with Crippen LogP contribution < -0.4 is 0 Å². The van der Waals surface area contributed by atoms with Crippen LogP contribution in [0.3, 0.4) is 0 Å². The van der Waals surface area contributed by atoms with E-state index < -0.39 is 0 Å². The molecule has 1 saturated heterocycles. The van der Waals surface area contributed by atoms with E-state index in [0.717, 1.165) is 32.1 Å². The van der Waals surface area contributed by atoms with Gasteiger partial charge in [0.05, 0.1) is 12.0 Å². The highest BCUT2D eigenvalue weighted by Gasteiger charge is 2.64. The average molecular weight is 320 g/mol. The Morgan fingerprint density at radius 2 is 1.96 bits per heavy atom. The first-order chi connectivity index (χ1) is 10.9. The minimum Gasteiger partial charge on any atom is -0.459 e. The summed E-state index contributed by atoms with van der Waals surface area (Å²) in [6, 6.07) is 0. The molecule has 4 fully saturated rings. The zero-order valence-corrected chi connectivity index (χ0v) is 14.4. The zero-order valence-electron chi connectivity index (χ0n) is 14.4. The Bertz CT molecular complexity index is 519. The van der Waals surface area contributed by atoms with E-state index in [1.165, 1.54) is 0 Å². The molecule has 4 rings (SSSR count). The van der Waals surface area contributed by atoms with Crippen LogP contribution in [0.15, 0.2) is 0 Å². The van der Waals surface area contributed by atoms with E-state index in [2.05, 4.69) is 20.8 Å². The third-order valence-electron chi connectivity index (χ3n) is 7.34. The van der Waals surface area contributed by atoms with Crippen LogP contribution >= 0.6 is 0 Å².